The number of hydrogen-bond donors (Lipinski definition) is 1. The van der Waals surface area contributed by atoms with Gasteiger partial charge in [-0.15, -0.1) is 0 Å². The van der Waals surface area contributed by atoms with Gasteiger partial charge in [0.2, 0.25) is 10.0 Å². The minimum absolute atomic E-state index is 0.345. The zero-order chi connectivity index (χ0) is 15.4. The second-order valence-corrected chi connectivity index (χ2v) is 9.37. The molecule has 3 rings (SSSR count). The number of rotatable bonds is 2. The first kappa shape index (κ1) is 15.5. The molecule has 21 heavy (non-hydrogen) atoms. The Labute approximate surface area is 135 Å². The van der Waals surface area contributed by atoms with Crippen molar-refractivity contribution >= 4 is 26.0 Å². The summed E-state index contributed by atoms with van der Waals surface area (Å²) in [5.74, 6) is 0.807. The molecule has 0 aromatic heterocycles. The molecular weight excluding hydrogens is 352 g/mol. The summed E-state index contributed by atoms with van der Waals surface area (Å²) in [5.41, 5.74) is 0.450. The lowest BCUT2D eigenvalue weighted by Crippen LogP contribution is -2.47. The van der Waals surface area contributed by atoms with Crippen molar-refractivity contribution in [1.29, 1.82) is 0 Å². The van der Waals surface area contributed by atoms with Crippen LogP contribution in [0.2, 0.25) is 0 Å². The van der Waals surface area contributed by atoms with E-state index in [9.17, 15) is 8.42 Å². The Morgan fingerprint density at radius 2 is 2.05 bits per heavy atom. The van der Waals surface area contributed by atoms with Crippen LogP contribution >= 0.6 is 15.9 Å². The minimum Gasteiger partial charge on any atom is -0.316 e. The molecule has 2 aliphatic heterocycles. The number of benzene rings is 1. The highest BCUT2D eigenvalue weighted by atomic mass is 79.9. The molecule has 6 heteroatoms. The number of nitrogens with zero attached hydrogens (tertiary/aromatic N) is 1. The Balaban J connectivity index is 2.05. The molecule has 0 saturated carbocycles. The summed E-state index contributed by atoms with van der Waals surface area (Å²) in [6, 6.07) is 5.44. The molecule has 2 unspecified atom stereocenters. The van der Waals surface area contributed by atoms with E-state index in [4.69, 9.17) is 0 Å². The van der Waals surface area contributed by atoms with Gasteiger partial charge in [-0.2, -0.15) is 4.31 Å². The summed E-state index contributed by atoms with van der Waals surface area (Å²) in [7, 11) is -3.47. The maximum atomic E-state index is 13.1. The van der Waals surface area contributed by atoms with Crippen molar-refractivity contribution in [3.05, 3.63) is 28.2 Å². The zero-order valence-electron chi connectivity index (χ0n) is 12.6. The third-order valence-corrected chi connectivity index (χ3v) is 7.70. The molecule has 2 fully saturated rings. The van der Waals surface area contributed by atoms with Gasteiger partial charge in [-0.3, -0.25) is 0 Å². The average molecular weight is 373 g/mol. The summed E-state index contributed by atoms with van der Waals surface area (Å²) in [5, 5.41) is 3.38. The lowest BCUT2D eigenvalue weighted by molar-refractivity contribution is 0.233. The summed E-state index contributed by atoms with van der Waals surface area (Å²) in [4.78, 5) is 0.415. The molecule has 116 valence electrons. The first-order chi connectivity index (χ1) is 9.74. The van der Waals surface area contributed by atoms with Crippen LogP contribution in [0.25, 0.3) is 0 Å². The minimum atomic E-state index is -3.47. The topological polar surface area (TPSA) is 49.4 Å². The lowest BCUT2D eigenvalue weighted by Gasteiger charge is -2.35. The number of nitrogens with one attached hydrogen (secondary N) is 1. The Hall–Kier alpha value is -0.430. The largest absolute Gasteiger partial charge is 0.316 e. The van der Waals surface area contributed by atoms with Gasteiger partial charge < -0.3 is 5.32 Å². The van der Waals surface area contributed by atoms with Crippen LogP contribution in [0.4, 0.5) is 0 Å². The van der Waals surface area contributed by atoms with Crippen LogP contribution in [0.3, 0.4) is 0 Å². The van der Waals surface area contributed by atoms with Crippen molar-refractivity contribution in [3.63, 3.8) is 0 Å². The Bertz CT molecular complexity index is 672. The van der Waals surface area contributed by atoms with Crippen molar-refractivity contribution in [2.24, 2.45) is 11.8 Å². The average Bonchev–Trinajstić information content (AvgIpc) is 2.95. The molecule has 0 aliphatic carbocycles. The fraction of sp³-hybridized carbons (Fsp3) is 0.600. The number of sulfonamides is 1. The molecule has 0 amide bonds. The van der Waals surface area contributed by atoms with Crippen LogP contribution in [0, 0.1) is 18.8 Å². The summed E-state index contributed by atoms with van der Waals surface area (Å²) in [6.07, 6.45) is 0. The predicted octanol–water partition coefficient (Wildman–Crippen LogP) is 2.38. The molecule has 1 N–H and O–H groups in total. The molecule has 2 heterocycles. The molecule has 0 radical (unpaired) electrons. The number of fused-ring (bicyclic) bond motifs is 1. The first-order valence-electron chi connectivity index (χ1n) is 7.24. The van der Waals surface area contributed by atoms with Crippen molar-refractivity contribution in [1.82, 2.24) is 9.62 Å². The van der Waals surface area contributed by atoms with Crippen molar-refractivity contribution in [2.75, 3.05) is 19.6 Å². The molecular formula is C15H21BrN2O2S. The second-order valence-electron chi connectivity index (χ2n) is 6.62. The second kappa shape index (κ2) is 5.05. The summed E-state index contributed by atoms with van der Waals surface area (Å²) >= 11 is 3.38. The predicted molar refractivity (Wildman–Crippen MR) is 86.7 cm³/mol. The van der Waals surface area contributed by atoms with Gasteiger partial charge in [-0.25, -0.2) is 8.42 Å². The maximum absolute atomic E-state index is 13.1. The molecule has 2 saturated heterocycles. The highest BCUT2D eigenvalue weighted by Gasteiger charge is 2.54. The highest BCUT2D eigenvalue weighted by Crippen LogP contribution is 2.44. The normalized spacial score (nSPS) is 28.8. The van der Waals surface area contributed by atoms with E-state index in [0.29, 0.717) is 23.3 Å². The van der Waals surface area contributed by atoms with E-state index in [1.165, 1.54) is 0 Å². The molecule has 1 aromatic rings. The van der Waals surface area contributed by atoms with Crippen molar-refractivity contribution in [3.8, 4) is 0 Å². The third kappa shape index (κ3) is 2.36. The van der Waals surface area contributed by atoms with Crippen molar-refractivity contribution < 1.29 is 8.42 Å². The van der Waals surface area contributed by atoms with Gasteiger partial charge >= 0.3 is 0 Å². The molecule has 0 spiro atoms. The monoisotopic (exact) mass is 372 g/mol. The molecule has 4 nitrogen and oxygen atoms in total. The van der Waals surface area contributed by atoms with E-state index < -0.39 is 10.0 Å². The third-order valence-electron chi connectivity index (χ3n) is 5.01. The standard InChI is InChI=1S/C15H21BrN2O2S/c1-10-4-5-12(16)6-14(10)21(19,20)18-9-11-7-17-8-13(11)15(18,2)3/h4-6,11,13,17H,7-9H2,1-3H3. The smallest absolute Gasteiger partial charge is 0.243 e. The van der Waals surface area contributed by atoms with Gasteiger partial charge in [-0.05, 0) is 56.8 Å². The number of hydrogen-bond acceptors (Lipinski definition) is 3. The van der Waals surface area contributed by atoms with E-state index in [1.54, 1.807) is 10.4 Å². The molecule has 2 aliphatic rings. The van der Waals surface area contributed by atoms with E-state index in [0.717, 1.165) is 23.1 Å². The van der Waals surface area contributed by atoms with Crippen LogP contribution < -0.4 is 5.32 Å². The van der Waals surface area contributed by atoms with E-state index in [2.05, 4.69) is 35.1 Å². The Kier molecular flexibility index (Phi) is 3.72. The SMILES string of the molecule is Cc1ccc(Br)cc1S(=O)(=O)N1CC2CNCC2C1(C)C. The molecule has 1 aromatic carbocycles. The van der Waals surface area contributed by atoms with Gasteiger partial charge in [0.1, 0.15) is 0 Å². The number of halogens is 1. The van der Waals surface area contributed by atoms with Crippen LogP contribution in [-0.2, 0) is 10.0 Å². The maximum Gasteiger partial charge on any atom is 0.243 e. The van der Waals surface area contributed by atoms with Crippen LogP contribution in [-0.4, -0.2) is 37.9 Å². The van der Waals surface area contributed by atoms with E-state index in [-0.39, 0.29) is 5.54 Å². The molecule has 2 atom stereocenters. The van der Waals surface area contributed by atoms with Crippen LogP contribution in [0.1, 0.15) is 19.4 Å². The lowest BCUT2D eigenvalue weighted by atomic mass is 9.85. The Morgan fingerprint density at radius 1 is 1.33 bits per heavy atom. The van der Waals surface area contributed by atoms with Gasteiger partial charge in [0, 0.05) is 23.1 Å². The van der Waals surface area contributed by atoms with Crippen LogP contribution in [0.5, 0.6) is 0 Å². The van der Waals surface area contributed by atoms with Crippen molar-refractivity contribution in [2.45, 2.75) is 31.2 Å². The fourth-order valence-corrected chi connectivity index (χ4v) is 6.41. The van der Waals surface area contributed by atoms with E-state index in [1.807, 2.05) is 19.1 Å². The summed E-state index contributed by atoms with van der Waals surface area (Å²) in [6.45, 7) is 8.38. The molecule has 0 bridgehead atoms. The quantitative estimate of drug-likeness (QED) is 0.866. The van der Waals surface area contributed by atoms with Crippen LogP contribution in [0.15, 0.2) is 27.6 Å². The van der Waals surface area contributed by atoms with Gasteiger partial charge in [-0.1, -0.05) is 22.0 Å². The zero-order valence-corrected chi connectivity index (χ0v) is 15.0. The van der Waals surface area contributed by atoms with E-state index >= 15 is 0 Å². The highest BCUT2D eigenvalue weighted by molar-refractivity contribution is 9.10. The Morgan fingerprint density at radius 3 is 2.71 bits per heavy atom. The number of aryl methyl sites for hydroxylation is 1. The fourth-order valence-electron chi connectivity index (χ4n) is 3.76. The van der Waals surface area contributed by atoms with Gasteiger partial charge in [0.25, 0.3) is 0 Å². The first-order valence-corrected chi connectivity index (χ1v) is 9.47. The summed E-state index contributed by atoms with van der Waals surface area (Å²) < 4.78 is 28.8. The van der Waals surface area contributed by atoms with Gasteiger partial charge in [0.15, 0.2) is 0 Å². The van der Waals surface area contributed by atoms with Gasteiger partial charge in [0.05, 0.1) is 4.90 Å².